The van der Waals surface area contributed by atoms with Crippen molar-refractivity contribution in [1.29, 1.82) is 0 Å². The topological polar surface area (TPSA) is 26.3 Å². The number of esters is 1. The zero-order chi connectivity index (χ0) is 13.4. The summed E-state index contributed by atoms with van der Waals surface area (Å²) in [7, 11) is 0. The lowest BCUT2D eigenvalue weighted by Crippen LogP contribution is -2.31. The third-order valence-electron chi connectivity index (χ3n) is 4.72. The lowest BCUT2D eigenvalue weighted by Gasteiger charge is -2.30. The first kappa shape index (κ1) is 12.7. The summed E-state index contributed by atoms with van der Waals surface area (Å²) in [5, 5.41) is 0. The van der Waals surface area contributed by atoms with E-state index in [2.05, 4.69) is 24.3 Å². The minimum Gasteiger partial charge on any atom is -0.463 e. The lowest BCUT2D eigenvalue weighted by atomic mass is 9.75. The molecule has 0 heterocycles. The Bertz CT molecular complexity index is 452. The summed E-state index contributed by atoms with van der Waals surface area (Å²) >= 11 is 0. The molecule has 3 rings (SSSR count). The van der Waals surface area contributed by atoms with E-state index in [0.29, 0.717) is 17.8 Å². The number of rotatable bonds is 3. The highest BCUT2D eigenvalue weighted by Gasteiger charge is 2.52. The van der Waals surface area contributed by atoms with Gasteiger partial charge in [0, 0.05) is 5.92 Å². The van der Waals surface area contributed by atoms with Crippen LogP contribution in [0.4, 0.5) is 0 Å². The smallest absolute Gasteiger partial charge is 0.310 e. The van der Waals surface area contributed by atoms with Gasteiger partial charge in [-0.15, -0.1) is 0 Å². The molecule has 4 atom stereocenters. The van der Waals surface area contributed by atoms with E-state index in [9.17, 15) is 4.79 Å². The molecule has 1 aromatic rings. The Hall–Kier alpha value is -1.31. The molecule has 0 amide bonds. The molecule has 19 heavy (non-hydrogen) atoms. The maximum absolute atomic E-state index is 12.4. The van der Waals surface area contributed by atoms with Crippen LogP contribution < -0.4 is 0 Å². The molecular weight excluding hydrogens is 236 g/mol. The second-order valence-electron chi connectivity index (χ2n) is 6.28. The Morgan fingerprint density at radius 2 is 1.84 bits per heavy atom. The molecule has 2 bridgehead atoms. The summed E-state index contributed by atoms with van der Waals surface area (Å²) in [6.45, 7) is 3.87. The molecular formula is C17H22O2. The average Bonchev–Trinajstić information content (AvgIpc) is 2.99. The molecule has 102 valence electrons. The van der Waals surface area contributed by atoms with E-state index in [0.717, 1.165) is 0 Å². The van der Waals surface area contributed by atoms with Gasteiger partial charge >= 0.3 is 5.97 Å². The Balaban J connectivity index is 1.86. The first-order valence-corrected chi connectivity index (χ1v) is 7.42. The Labute approximate surface area is 115 Å². The Morgan fingerprint density at radius 3 is 2.53 bits per heavy atom. The zero-order valence-electron chi connectivity index (χ0n) is 11.7. The van der Waals surface area contributed by atoms with Crippen LogP contribution in [0.25, 0.3) is 0 Å². The van der Waals surface area contributed by atoms with Crippen LogP contribution in [0, 0.1) is 17.8 Å². The highest BCUT2D eigenvalue weighted by molar-refractivity contribution is 5.75. The summed E-state index contributed by atoms with van der Waals surface area (Å²) < 4.78 is 5.50. The number of carbonyl (C=O) groups is 1. The standard InChI is InChI=1S/C17H22O2/c1-11(2)19-17(18)16-14-9-8-13(10-14)15(16)12-6-4-3-5-7-12/h3-7,11,13-16H,8-10H2,1-2H3/t13?,14?,15-,16-/m1/s1. The summed E-state index contributed by atoms with van der Waals surface area (Å²) in [4.78, 5) is 12.4. The molecule has 2 saturated carbocycles. The van der Waals surface area contributed by atoms with Crippen molar-refractivity contribution in [1.82, 2.24) is 0 Å². The van der Waals surface area contributed by atoms with Gasteiger partial charge in [0.1, 0.15) is 0 Å². The van der Waals surface area contributed by atoms with E-state index in [4.69, 9.17) is 4.74 Å². The van der Waals surface area contributed by atoms with Gasteiger partial charge in [-0.3, -0.25) is 4.79 Å². The highest BCUT2D eigenvalue weighted by atomic mass is 16.5. The Kier molecular flexibility index (Phi) is 3.34. The van der Waals surface area contributed by atoms with Crippen LogP contribution >= 0.6 is 0 Å². The van der Waals surface area contributed by atoms with Crippen molar-refractivity contribution in [3.8, 4) is 0 Å². The fraction of sp³-hybridized carbons (Fsp3) is 0.588. The molecule has 0 aliphatic heterocycles. The SMILES string of the molecule is CC(C)OC(=O)[C@@H]1C2CCC(C2)[C@H]1c1ccccc1. The number of carbonyl (C=O) groups excluding carboxylic acids is 1. The third kappa shape index (κ3) is 2.29. The second kappa shape index (κ2) is 4.99. The maximum atomic E-state index is 12.4. The van der Waals surface area contributed by atoms with Crippen LogP contribution in [-0.4, -0.2) is 12.1 Å². The molecule has 0 N–H and O–H groups in total. The van der Waals surface area contributed by atoms with Crippen molar-refractivity contribution in [2.24, 2.45) is 17.8 Å². The van der Waals surface area contributed by atoms with Gasteiger partial charge in [-0.1, -0.05) is 30.3 Å². The second-order valence-corrected chi connectivity index (χ2v) is 6.28. The minimum absolute atomic E-state index is 0.0111. The fourth-order valence-electron chi connectivity index (χ4n) is 4.10. The van der Waals surface area contributed by atoms with Crippen molar-refractivity contribution in [2.75, 3.05) is 0 Å². The van der Waals surface area contributed by atoms with Crippen molar-refractivity contribution in [3.63, 3.8) is 0 Å². The van der Waals surface area contributed by atoms with Gasteiger partial charge in [0.2, 0.25) is 0 Å². The minimum atomic E-state index is -0.0111. The maximum Gasteiger partial charge on any atom is 0.310 e. The average molecular weight is 258 g/mol. The molecule has 2 nitrogen and oxygen atoms in total. The van der Waals surface area contributed by atoms with Crippen molar-refractivity contribution in [2.45, 2.75) is 45.1 Å². The normalized spacial score (nSPS) is 32.8. The van der Waals surface area contributed by atoms with Crippen LogP contribution in [0.15, 0.2) is 30.3 Å². The van der Waals surface area contributed by atoms with E-state index < -0.39 is 0 Å². The first-order valence-electron chi connectivity index (χ1n) is 7.42. The summed E-state index contributed by atoms with van der Waals surface area (Å²) in [5.74, 6) is 1.71. The molecule has 0 radical (unpaired) electrons. The van der Waals surface area contributed by atoms with Crippen molar-refractivity contribution in [3.05, 3.63) is 35.9 Å². The monoisotopic (exact) mass is 258 g/mol. The highest BCUT2D eigenvalue weighted by Crippen LogP contribution is 2.57. The van der Waals surface area contributed by atoms with Crippen LogP contribution in [0.5, 0.6) is 0 Å². The summed E-state index contributed by atoms with van der Waals surface area (Å²) in [5.41, 5.74) is 1.32. The quantitative estimate of drug-likeness (QED) is 0.771. The van der Waals surface area contributed by atoms with Gasteiger partial charge in [0.15, 0.2) is 0 Å². The number of benzene rings is 1. The van der Waals surface area contributed by atoms with Crippen LogP contribution in [-0.2, 0) is 9.53 Å². The van der Waals surface area contributed by atoms with Gasteiger partial charge in [0.25, 0.3) is 0 Å². The molecule has 1 aromatic carbocycles. The number of fused-ring (bicyclic) bond motifs is 2. The van der Waals surface area contributed by atoms with Crippen molar-refractivity contribution >= 4 is 5.97 Å². The number of hydrogen-bond acceptors (Lipinski definition) is 2. The van der Waals surface area contributed by atoms with Crippen LogP contribution in [0.3, 0.4) is 0 Å². The molecule has 2 aliphatic rings. The molecule has 2 heteroatoms. The van der Waals surface area contributed by atoms with Crippen LogP contribution in [0.1, 0.15) is 44.6 Å². The zero-order valence-corrected chi connectivity index (χ0v) is 11.7. The summed E-state index contributed by atoms with van der Waals surface area (Å²) in [6.07, 6.45) is 3.67. The molecule has 0 saturated heterocycles. The van der Waals surface area contributed by atoms with E-state index >= 15 is 0 Å². The predicted octanol–water partition coefficient (Wildman–Crippen LogP) is 3.77. The largest absolute Gasteiger partial charge is 0.463 e. The molecule has 2 unspecified atom stereocenters. The molecule has 0 spiro atoms. The van der Waals surface area contributed by atoms with Crippen molar-refractivity contribution < 1.29 is 9.53 Å². The summed E-state index contributed by atoms with van der Waals surface area (Å²) in [6, 6.07) is 10.5. The third-order valence-corrected chi connectivity index (χ3v) is 4.72. The van der Waals surface area contributed by atoms with Gasteiger partial charge in [-0.2, -0.15) is 0 Å². The van der Waals surface area contributed by atoms with Gasteiger partial charge < -0.3 is 4.74 Å². The number of ether oxygens (including phenoxy) is 1. The first-order chi connectivity index (χ1) is 9.16. The van der Waals surface area contributed by atoms with E-state index in [1.165, 1.54) is 24.8 Å². The van der Waals surface area contributed by atoms with E-state index in [1.807, 2.05) is 19.9 Å². The van der Waals surface area contributed by atoms with E-state index in [-0.39, 0.29) is 18.0 Å². The Morgan fingerprint density at radius 1 is 1.16 bits per heavy atom. The fourth-order valence-corrected chi connectivity index (χ4v) is 4.10. The van der Waals surface area contributed by atoms with Gasteiger partial charge in [-0.25, -0.2) is 0 Å². The molecule has 2 aliphatic carbocycles. The van der Waals surface area contributed by atoms with Gasteiger partial charge in [0.05, 0.1) is 12.0 Å². The van der Waals surface area contributed by atoms with Gasteiger partial charge in [-0.05, 0) is 50.5 Å². The molecule has 0 aromatic heterocycles. The lowest BCUT2D eigenvalue weighted by molar-refractivity contribution is -0.155. The van der Waals surface area contributed by atoms with E-state index in [1.54, 1.807) is 0 Å². The van der Waals surface area contributed by atoms with Crippen LogP contribution in [0.2, 0.25) is 0 Å². The number of hydrogen-bond donors (Lipinski definition) is 0. The predicted molar refractivity (Wildman–Crippen MR) is 74.7 cm³/mol. The molecule has 2 fully saturated rings.